The van der Waals surface area contributed by atoms with Gasteiger partial charge in [0, 0.05) is 17.7 Å². The normalized spacial score (nSPS) is 12.9. The number of H-pyrrole nitrogens is 1. The lowest BCUT2D eigenvalue weighted by atomic mass is 10.0. The van der Waals surface area contributed by atoms with Crippen molar-refractivity contribution in [3.05, 3.63) is 29.8 Å². The van der Waals surface area contributed by atoms with Crippen molar-refractivity contribution in [2.45, 2.75) is 19.3 Å². The van der Waals surface area contributed by atoms with Gasteiger partial charge in [0.15, 0.2) is 0 Å². The summed E-state index contributed by atoms with van der Waals surface area (Å²) in [6.45, 7) is 1.80. The van der Waals surface area contributed by atoms with Gasteiger partial charge in [-0.05, 0) is 6.07 Å². The number of aromatic nitrogens is 2. The molecule has 4 nitrogen and oxygen atoms in total. The number of nitrogens with zero attached hydrogens (tertiary/aromatic N) is 1. The number of rotatable bonds is 3. The first-order valence-corrected chi connectivity index (χ1v) is 4.92. The third-order valence-electron chi connectivity index (χ3n) is 2.47. The number of aromatic amines is 1. The number of aliphatic carboxylic acids is 1. The van der Waals surface area contributed by atoms with Crippen molar-refractivity contribution in [2.75, 3.05) is 0 Å². The number of carbonyl (C=O) groups is 1. The lowest BCUT2D eigenvalue weighted by molar-refractivity contribution is -0.137. The van der Waals surface area contributed by atoms with Gasteiger partial charge in [-0.3, -0.25) is 9.78 Å². The maximum atomic E-state index is 12.9. The standard InChI is InChI=1S/C11H11FN2O2/c1-6(2-11(15)16)8-4-9-10(14-8)3-7(12)5-13-9/h3-6,14H,2H2,1H3,(H,15,16). The summed E-state index contributed by atoms with van der Waals surface area (Å²) in [5.41, 5.74) is 2.00. The van der Waals surface area contributed by atoms with E-state index in [1.807, 2.05) is 0 Å². The van der Waals surface area contributed by atoms with Crippen molar-refractivity contribution < 1.29 is 14.3 Å². The zero-order valence-corrected chi connectivity index (χ0v) is 8.70. The molecule has 2 aromatic heterocycles. The first-order chi connectivity index (χ1) is 7.56. The zero-order valence-electron chi connectivity index (χ0n) is 8.70. The van der Waals surface area contributed by atoms with E-state index in [0.29, 0.717) is 11.0 Å². The molecule has 2 aromatic rings. The van der Waals surface area contributed by atoms with E-state index in [1.54, 1.807) is 13.0 Å². The van der Waals surface area contributed by atoms with E-state index >= 15 is 0 Å². The highest BCUT2D eigenvalue weighted by atomic mass is 19.1. The van der Waals surface area contributed by atoms with Gasteiger partial charge in [-0.15, -0.1) is 0 Å². The van der Waals surface area contributed by atoms with Gasteiger partial charge in [0.2, 0.25) is 0 Å². The van der Waals surface area contributed by atoms with E-state index in [4.69, 9.17) is 5.11 Å². The minimum atomic E-state index is -0.856. The third kappa shape index (κ3) is 2.03. The number of hydrogen-bond acceptors (Lipinski definition) is 2. The van der Waals surface area contributed by atoms with Gasteiger partial charge in [0.25, 0.3) is 0 Å². The second-order valence-corrected chi connectivity index (χ2v) is 3.81. The number of halogens is 1. The second kappa shape index (κ2) is 3.92. The summed E-state index contributed by atoms with van der Waals surface area (Å²) in [5, 5.41) is 8.67. The molecule has 0 spiro atoms. The Morgan fingerprint density at radius 2 is 2.38 bits per heavy atom. The van der Waals surface area contributed by atoms with Crippen molar-refractivity contribution in [1.29, 1.82) is 0 Å². The van der Waals surface area contributed by atoms with Crippen LogP contribution >= 0.6 is 0 Å². The Hall–Kier alpha value is -1.91. The van der Waals surface area contributed by atoms with E-state index in [-0.39, 0.29) is 12.3 Å². The van der Waals surface area contributed by atoms with Crippen LogP contribution in [-0.2, 0) is 4.79 Å². The first-order valence-electron chi connectivity index (χ1n) is 4.92. The van der Waals surface area contributed by atoms with Gasteiger partial charge in [-0.25, -0.2) is 4.39 Å². The van der Waals surface area contributed by atoms with Crippen molar-refractivity contribution >= 4 is 17.0 Å². The van der Waals surface area contributed by atoms with Gasteiger partial charge in [0.05, 0.1) is 23.7 Å². The van der Waals surface area contributed by atoms with Gasteiger partial charge >= 0.3 is 5.97 Å². The minimum absolute atomic E-state index is 0.0370. The number of fused-ring (bicyclic) bond motifs is 1. The number of carboxylic acids is 1. The maximum absolute atomic E-state index is 12.9. The highest BCUT2D eigenvalue weighted by Crippen LogP contribution is 2.22. The van der Waals surface area contributed by atoms with Crippen LogP contribution in [0.2, 0.25) is 0 Å². The lowest BCUT2D eigenvalue weighted by Crippen LogP contribution is -2.02. The SMILES string of the molecule is CC(CC(=O)O)c1cc2ncc(F)cc2[nH]1. The van der Waals surface area contributed by atoms with Crippen LogP contribution in [0.1, 0.15) is 25.0 Å². The Labute approximate surface area is 91.1 Å². The van der Waals surface area contributed by atoms with E-state index in [2.05, 4.69) is 9.97 Å². The molecule has 2 N–H and O–H groups in total. The first kappa shape index (κ1) is 10.6. The monoisotopic (exact) mass is 222 g/mol. The Morgan fingerprint density at radius 3 is 3.06 bits per heavy atom. The molecule has 1 atom stereocenters. The average Bonchev–Trinajstić information content (AvgIpc) is 2.59. The van der Waals surface area contributed by atoms with E-state index in [9.17, 15) is 9.18 Å². The molecule has 0 aromatic carbocycles. The Morgan fingerprint density at radius 1 is 1.62 bits per heavy atom. The quantitative estimate of drug-likeness (QED) is 0.837. The Balaban J connectivity index is 2.35. The van der Waals surface area contributed by atoms with Gasteiger partial charge in [-0.2, -0.15) is 0 Å². The molecule has 2 rings (SSSR count). The maximum Gasteiger partial charge on any atom is 0.304 e. The molecule has 16 heavy (non-hydrogen) atoms. The van der Waals surface area contributed by atoms with Crippen molar-refractivity contribution in [1.82, 2.24) is 9.97 Å². The molecule has 0 amide bonds. The van der Waals surface area contributed by atoms with Crippen LogP contribution in [-0.4, -0.2) is 21.0 Å². The Bertz CT molecular complexity index is 536. The molecule has 2 heterocycles. The van der Waals surface area contributed by atoms with Gasteiger partial charge in [0.1, 0.15) is 5.82 Å². The average molecular weight is 222 g/mol. The van der Waals surface area contributed by atoms with Crippen LogP contribution in [0.25, 0.3) is 11.0 Å². The van der Waals surface area contributed by atoms with Crippen molar-refractivity contribution in [3.63, 3.8) is 0 Å². The zero-order chi connectivity index (χ0) is 11.7. The molecule has 0 saturated carbocycles. The van der Waals surface area contributed by atoms with Crippen LogP contribution in [0.15, 0.2) is 18.3 Å². The van der Waals surface area contributed by atoms with Crippen molar-refractivity contribution in [3.8, 4) is 0 Å². The topological polar surface area (TPSA) is 66.0 Å². The summed E-state index contributed by atoms with van der Waals surface area (Å²) in [4.78, 5) is 17.4. The summed E-state index contributed by atoms with van der Waals surface area (Å²) in [6, 6.07) is 3.10. The van der Waals surface area contributed by atoms with Crippen molar-refractivity contribution in [2.24, 2.45) is 0 Å². The van der Waals surface area contributed by atoms with Crippen LogP contribution in [0.3, 0.4) is 0 Å². The van der Waals surface area contributed by atoms with E-state index in [0.717, 1.165) is 11.9 Å². The molecule has 84 valence electrons. The van der Waals surface area contributed by atoms with E-state index in [1.165, 1.54) is 6.07 Å². The molecule has 0 aliphatic heterocycles. The molecule has 0 bridgehead atoms. The van der Waals surface area contributed by atoms with Gasteiger partial charge in [-0.1, -0.05) is 6.92 Å². The summed E-state index contributed by atoms with van der Waals surface area (Å²) < 4.78 is 12.9. The lowest BCUT2D eigenvalue weighted by Gasteiger charge is -2.04. The second-order valence-electron chi connectivity index (χ2n) is 3.81. The van der Waals surface area contributed by atoms with Gasteiger partial charge < -0.3 is 10.1 Å². The number of carboxylic acid groups (broad SMARTS) is 1. The van der Waals surface area contributed by atoms with E-state index < -0.39 is 11.8 Å². The predicted octanol–water partition coefficient (Wildman–Crippen LogP) is 2.28. The molecule has 0 aliphatic rings. The van der Waals surface area contributed by atoms with Crippen LogP contribution in [0, 0.1) is 5.82 Å². The summed E-state index contributed by atoms with van der Waals surface area (Å²) in [7, 11) is 0. The molecule has 0 fully saturated rings. The molecular formula is C11H11FN2O2. The largest absolute Gasteiger partial charge is 0.481 e. The Kier molecular flexibility index (Phi) is 2.60. The minimum Gasteiger partial charge on any atom is -0.481 e. The molecule has 5 heteroatoms. The number of nitrogens with one attached hydrogen (secondary N) is 1. The molecular weight excluding hydrogens is 211 g/mol. The summed E-state index contributed by atoms with van der Waals surface area (Å²) in [6.07, 6.45) is 1.18. The summed E-state index contributed by atoms with van der Waals surface area (Å²) in [5.74, 6) is -1.41. The molecule has 0 radical (unpaired) electrons. The fourth-order valence-electron chi connectivity index (χ4n) is 1.64. The van der Waals surface area contributed by atoms with Crippen LogP contribution in [0.5, 0.6) is 0 Å². The summed E-state index contributed by atoms with van der Waals surface area (Å²) >= 11 is 0. The fourth-order valence-corrected chi connectivity index (χ4v) is 1.64. The predicted molar refractivity (Wildman–Crippen MR) is 56.7 cm³/mol. The smallest absolute Gasteiger partial charge is 0.304 e. The third-order valence-corrected chi connectivity index (χ3v) is 2.47. The highest BCUT2D eigenvalue weighted by Gasteiger charge is 2.13. The van der Waals surface area contributed by atoms with Crippen LogP contribution in [0.4, 0.5) is 4.39 Å². The molecule has 0 aliphatic carbocycles. The number of pyridine rings is 1. The highest BCUT2D eigenvalue weighted by molar-refractivity contribution is 5.76. The number of hydrogen-bond donors (Lipinski definition) is 2. The van der Waals surface area contributed by atoms with Crippen LogP contribution < -0.4 is 0 Å². The molecule has 0 saturated heterocycles. The molecule has 1 unspecified atom stereocenters. The fraction of sp³-hybridized carbons (Fsp3) is 0.273.